The van der Waals surface area contributed by atoms with Gasteiger partial charge in [0, 0.05) is 12.0 Å². The van der Waals surface area contributed by atoms with Crippen molar-refractivity contribution in [2.45, 2.75) is 6.42 Å². The maximum atomic E-state index is 10.3. The zero-order valence-electron chi connectivity index (χ0n) is 7.53. The summed E-state index contributed by atoms with van der Waals surface area (Å²) in [6.07, 6.45) is 1.04. The van der Waals surface area contributed by atoms with Gasteiger partial charge in [0.2, 0.25) is 0 Å². The van der Waals surface area contributed by atoms with Crippen LogP contribution in [0.25, 0.3) is 0 Å². The van der Waals surface area contributed by atoms with Gasteiger partial charge in [-0.15, -0.1) is 6.26 Å². The molecule has 1 aromatic carbocycles. The van der Waals surface area contributed by atoms with Crippen LogP contribution in [0, 0.1) is 11.3 Å². The number of nitriles is 1. The largest absolute Gasteiger partial charge is 1.00 e. The molecule has 0 heterocycles. The van der Waals surface area contributed by atoms with Crippen LogP contribution in [0.3, 0.4) is 0 Å². The summed E-state index contributed by atoms with van der Waals surface area (Å²) in [5, 5.41) is 18.7. The molecule has 0 aromatic heterocycles. The number of hydrogen-bond donors (Lipinski definition) is 0. The van der Waals surface area contributed by atoms with Crippen molar-refractivity contribution in [1.29, 1.82) is 5.26 Å². The summed E-state index contributed by atoms with van der Waals surface area (Å²) in [6.45, 7) is 0. The van der Waals surface area contributed by atoms with E-state index in [1.54, 1.807) is 0 Å². The van der Waals surface area contributed by atoms with Crippen molar-refractivity contribution in [3.63, 3.8) is 0 Å². The van der Waals surface area contributed by atoms with Crippen molar-refractivity contribution < 1.29 is 34.7 Å². The summed E-state index contributed by atoms with van der Waals surface area (Å²) in [7, 11) is 0. The minimum Gasteiger partial charge on any atom is -0.877 e. The first-order chi connectivity index (χ1) is 5.86. The molecule has 0 unspecified atom stereocenters. The zero-order chi connectivity index (χ0) is 8.81. The van der Waals surface area contributed by atoms with Gasteiger partial charge in [0.25, 0.3) is 0 Å². The Morgan fingerprint density at radius 2 is 2.00 bits per heavy atom. The molecular weight excluding hydrogens is 173 g/mol. The zero-order valence-corrected chi connectivity index (χ0v) is 9.53. The van der Waals surface area contributed by atoms with Crippen molar-refractivity contribution in [3.8, 4) is 6.07 Å². The fourth-order valence-corrected chi connectivity index (χ4v) is 0.923. The van der Waals surface area contributed by atoms with Gasteiger partial charge in [-0.25, -0.2) is 0 Å². The Balaban J connectivity index is 0.00000144. The maximum absolute atomic E-state index is 10.3. The van der Waals surface area contributed by atoms with E-state index in [-0.39, 0.29) is 35.1 Å². The van der Waals surface area contributed by atoms with Crippen molar-refractivity contribution in [3.05, 3.63) is 47.7 Å². The fourth-order valence-electron chi connectivity index (χ4n) is 0.923. The van der Waals surface area contributed by atoms with E-state index in [1.807, 2.05) is 36.4 Å². The van der Waals surface area contributed by atoms with Gasteiger partial charge >= 0.3 is 29.6 Å². The molecule has 0 spiro atoms. The Morgan fingerprint density at radius 1 is 1.38 bits per heavy atom. The summed E-state index contributed by atoms with van der Waals surface area (Å²) in [6, 6.07) is 11.3. The SMILES string of the molecule is N#C/C(=C\[O-])Cc1ccccc1.[Na+]. The molecule has 2 nitrogen and oxygen atoms in total. The quantitative estimate of drug-likeness (QED) is 0.301. The van der Waals surface area contributed by atoms with Crippen LogP contribution >= 0.6 is 0 Å². The second kappa shape index (κ2) is 6.73. The van der Waals surface area contributed by atoms with E-state index in [1.165, 1.54) is 0 Å². The van der Waals surface area contributed by atoms with Crippen LogP contribution in [0.5, 0.6) is 0 Å². The van der Waals surface area contributed by atoms with Crippen LogP contribution in [0.1, 0.15) is 5.56 Å². The average molecular weight is 181 g/mol. The van der Waals surface area contributed by atoms with E-state index < -0.39 is 0 Å². The minimum absolute atomic E-state index is 0. The second-order valence-electron chi connectivity index (χ2n) is 2.42. The first-order valence-corrected chi connectivity index (χ1v) is 3.62. The summed E-state index contributed by atoms with van der Waals surface area (Å²) in [5.41, 5.74) is 1.25. The molecule has 0 bridgehead atoms. The Kier molecular flexibility index (Phi) is 6.34. The van der Waals surface area contributed by atoms with Crippen LogP contribution < -0.4 is 34.7 Å². The Labute approximate surface area is 99.8 Å². The normalized spacial score (nSPS) is 9.92. The molecule has 0 aliphatic carbocycles. The smallest absolute Gasteiger partial charge is 0.877 e. The molecule has 1 rings (SSSR count). The number of nitrogens with zero attached hydrogens (tertiary/aromatic N) is 1. The third kappa shape index (κ3) is 4.14. The molecule has 60 valence electrons. The molecule has 13 heavy (non-hydrogen) atoms. The third-order valence-corrected chi connectivity index (χ3v) is 1.52. The van der Waals surface area contributed by atoms with E-state index in [2.05, 4.69) is 0 Å². The van der Waals surface area contributed by atoms with Crippen molar-refractivity contribution >= 4 is 0 Å². The molecule has 0 fully saturated rings. The first kappa shape index (κ1) is 12.2. The predicted molar refractivity (Wildman–Crippen MR) is 43.8 cm³/mol. The third-order valence-electron chi connectivity index (χ3n) is 1.52. The summed E-state index contributed by atoms with van der Waals surface area (Å²) in [5.74, 6) is 0. The summed E-state index contributed by atoms with van der Waals surface area (Å²) < 4.78 is 0. The maximum Gasteiger partial charge on any atom is 1.00 e. The van der Waals surface area contributed by atoms with E-state index in [4.69, 9.17) is 5.26 Å². The molecule has 3 heteroatoms. The standard InChI is InChI=1S/C10H9NO.Na/c11-7-10(8-12)6-9-4-2-1-3-5-9;/h1-5,8,12H,6H2;/q;+1/p-1/b10-8-;. The second-order valence-corrected chi connectivity index (χ2v) is 2.42. The average Bonchev–Trinajstić information content (AvgIpc) is 2.16. The Morgan fingerprint density at radius 3 is 2.46 bits per heavy atom. The van der Waals surface area contributed by atoms with Gasteiger partial charge in [0.05, 0.1) is 6.07 Å². The number of rotatable bonds is 2. The molecule has 0 amide bonds. The van der Waals surface area contributed by atoms with E-state index in [0.29, 0.717) is 12.7 Å². The van der Waals surface area contributed by atoms with Crippen molar-refractivity contribution in [1.82, 2.24) is 0 Å². The molecule has 0 radical (unpaired) electrons. The Hall–Kier alpha value is -0.750. The summed E-state index contributed by atoms with van der Waals surface area (Å²) in [4.78, 5) is 0. The topological polar surface area (TPSA) is 46.8 Å². The van der Waals surface area contributed by atoms with Gasteiger partial charge in [-0.2, -0.15) is 5.26 Å². The Bertz CT molecular complexity index is 313. The monoisotopic (exact) mass is 181 g/mol. The van der Waals surface area contributed by atoms with Gasteiger partial charge < -0.3 is 5.11 Å². The predicted octanol–water partition coefficient (Wildman–Crippen LogP) is -2.00. The molecule has 0 aliphatic heterocycles. The van der Waals surface area contributed by atoms with Crippen LogP contribution in [-0.2, 0) is 6.42 Å². The van der Waals surface area contributed by atoms with Gasteiger partial charge in [0.15, 0.2) is 0 Å². The van der Waals surface area contributed by atoms with Crippen LogP contribution in [0.4, 0.5) is 0 Å². The van der Waals surface area contributed by atoms with Crippen LogP contribution in [-0.4, -0.2) is 0 Å². The molecule has 1 aromatic rings. The van der Waals surface area contributed by atoms with Crippen LogP contribution in [0.2, 0.25) is 0 Å². The molecule has 0 saturated heterocycles. The van der Waals surface area contributed by atoms with Crippen molar-refractivity contribution in [2.24, 2.45) is 0 Å². The molecule has 0 atom stereocenters. The molecule has 0 saturated carbocycles. The molecular formula is C10H8NNaO. The van der Waals surface area contributed by atoms with E-state index >= 15 is 0 Å². The van der Waals surface area contributed by atoms with Crippen molar-refractivity contribution in [2.75, 3.05) is 0 Å². The fraction of sp³-hybridized carbons (Fsp3) is 0.100. The summed E-state index contributed by atoms with van der Waals surface area (Å²) >= 11 is 0. The number of allylic oxidation sites excluding steroid dienone is 1. The molecule has 0 N–H and O–H groups in total. The van der Waals surface area contributed by atoms with E-state index in [0.717, 1.165) is 5.56 Å². The first-order valence-electron chi connectivity index (χ1n) is 3.62. The minimum atomic E-state index is 0. The number of benzene rings is 1. The van der Waals surface area contributed by atoms with Gasteiger partial charge in [-0.3, -0.25) is 0 Å². The van der Waals surface area contributed by atoms with E-state index in [9.17, 15) is 5.11 Å². The van der Waals surface area contributed by atoms with Gasteiger partial charge in [-0.05, 0) is 5.56 Å². The number of hydrogen-bond acceptors (Lipinski definition) is 2. The van der Waals surface area contributed by atoms with Gasteiger partial charge in [0.1, 0.15) is 0 Å². The van der Waals surface area contributed by atoms with Crippen LogP contribution in [0.15, 0.2) is 42.2 Å². The van der Waals surface area contributed by atoms with Gasteiger partial charge in [-0.1, -0.05) is 30.3 Å². The molecule has 0 aliphatic rings.